The first-order chi connectivity index (χ1) is 6.83. The summed E-state index contributed by atoms with van der Waals surface area (Å²) in [4.78, 5) is 11.1. The Morgan fingerprint density at radius 2 is 2.21 bits per heavy atom. The summed E-state index contributed by atoms with van der Waals surface area (Å²) in [5.74, 6) is 1.46. The lowest BCUT2D eigenvalue weighted by atomic mass is 9.93. The van der Waals surface area contributed by atoms with Crippen LogP contribution in [0.1, 0.15) is 19.3 Å². The number of hydrogen-bond acceptors (Lipinski definition) is 3. The molecule has 0 fully saturated rings. The van der Waals surface area contributed by atoms with E-state index in [9.17, 15) is 4.79 Å². The lowest BCUT2D eigenvalue weighted by molar-refractivity contribution is -0.140. The number of ether oxygens (including phenoxy) is 2. The van der Waals surface area contributed by atoms with Crippen LogP contribution in [0.2, 0.25) is 0 Å². The van der Waals surface area contributed by atoms with E-state index in [4.69, 9.17) is 9.47 Å². The third kappa shape index (κ3) is 1.09. The number of rotatable bonds is 0. The van der Waals surface area contributed by atoms with Crippen molar-refractivity contribution < 1.29 is 14.3 Å². The molecule has 0 aromatic heterocycles. The van der Waals surface area contributed by atoms with E-state index in [1.165, 1.54) is 11.1 Å². The monoisotopic (exact) mass is 190 g/mol. The second kappa shape index (κ2) is 2.74. The van der Waals surface area contributed by atoms with E-state index >= 15 is 0 Å². The average Bonchev–Trinajstić information content (AvgIpc) is 2.61. The first kappa shape index (κ1) is 7.85. The quantitative estimate of drug-likeness (QED) is 0.546. The van der Waals surface area contributed by atoms with Gasteiger partial charge in [0.05, 0.1) is 0 Å². The summed E-state index contributed by atoms with van der Waals surface area (Å²) in [6, 6.07) is 0. The Labute approximate surface area is 81.7 Å². The molecular formula is C11H10O3. The van der Waals surface area contributed by atoms with E-state index in [-0.39, 0.29) is 5.97 Å². The van der Waals surface area contributed by atoms with Crippen LogP contribution in [-0.4, -0.2) is 12.6 Å². The van der Waals surface area contributed by atoms with Gasteiger partial charge in [0.2, 0.25) is 0 Å². The van der Waals surface area contributed by atoms with E-state index in [1.54, 1.807) is 0 Å². The van der Waals surface area contributed by atoms with Crippen LogP contribution in [0.25, 0.3) is 0 Å². The van der Waals surface area contributed by atoms with Crippen molar-refractivity contribution >= 4 is 5.97 Å². The average molecular weight is 190 g/mol. The van der Waals surface area contributed by atoms with Crippen LogP contribution >= 0.6 is 0 Å². The van der Waals surface area contributed by atoms with Gasteiger partial charge in [-0.3, -0.25) is 4.79 Å². The fourth-order valence-electron chi connectivity index (χ4n) is 2.00. The summed E-state index contributed by atoms with van der Waals surface area (Å²) in [5, 5.41) is 0. The molecule has 0 N–H and O–H groups in total. The second-order valence-electron chi connectivity index (χ2n) is 3.67. The Morgan fingerprint density at radius 1 is 1.29 bits per heavy atom. The van der Waals surface area contributed by atoms with Gasteiger partial charge in [-0.2, -0.15) is 0 Å². The minimum absolute atomic E-state index is 0.133. The molecule has 0 aromatic rings. The van der Waals surface area contributed by atoms with Crippen LogP contribution in [0.15, 0.2) is 34.8 Å². The first-order valence-corrected chi connectivity index (χ1v) is 4.79. The maximum Gasteiger partial charge on any atom is 0.311 e. The third-order valence-corrected chi connectivity index (χ3v) is 2.75. The molecule has 0 spiro atoms. The van der Waals surface area contributed by atoms with E-state index in [2.05, 4.69) is 6.08 Å². The molecule has 2 aliphatic heterocycles. The minimum atomic E-state index is -0.133. The number of hydrogen-bond donors (Lipinski definition) is 0. The molecule has 3 heteroatoms. The van der Waals surface area contributed by atoms with Crippen LogP contribution < -0.4 is 0 Å². The fraction of sp³-hybridized carbons (Fsp3) is 0.364. The van der Waals surface area contributed by atoms with Crippen molar-refractivity contribution in [1.82, 2.24) is 0 Å². The fourth-order valence-corrected chi connectivity index (χ4v) is 2.00. The van der Waals surface area contributed by atoms with Gasteiger partial charge in [0, 0.05) is 18.9 Å². The molecule has 1 aliphatic carbocycles. The zero-order valence-corrected chi connectivity index (χ0v) is 7.71. The van der Waals surface area contributed by atoms with Crippen molar-refractivity contribution in [3.05, 3.63) is 34.8 Å². The van der Waals surface area contributed by atoms with Crippen LogP contribution in [-0.2, 0) is 14.3 Å². The minimum Gasteiger partial charge on any atom is -0.489 e. The molecule has 3 aliphatic rings. The lowest BCUT2D eigenvalue weighted by Gasteiger charge is -2.22. The predicted molar refractivity (Wildman–Crippen MR) is 49.1 cm³/mol. The smallest absolute Gasteiger partial charge is 0.311 e. The Kier molecular flexibility index (Phi) is 1.54. The highest BCUT2D eigenvalue weighted by Crippen LogP contribution is 2.37. The molecule has 2 heterocycles. The van der Waals surface area contributed by atoms with Gasteiger partial charge in [0.15, 0.2) is 0 Å². The van der Waals surface area contributed by atoms with Gasteiger partial charge in [-0.05, 0) is 23.6 Å². The summed E-state index contributed by atoms with van der Waals surface area (Å²) < 4.78 is 10.5. The number of allylic oxidation sites excluding steroid dienone is 3. The number of carbonyl (C=O) groups excluding carboxylic acids is 1. The molecule has 3 nitrogen and oxygen atoms in total. The SMILES string of the molecule is O=C1CCC2=C(C=C3OCC=C3C2)O1. The largest absolute Gasteiger partial charge is 0.489 e. The van der Waals surface area contributed by atoms with Crippen molar-refractivity contribution in [2.45, 2.75) is 19.3 Å². The highest BCUT2D eigenvalue weighted by atomic mass is 16.5. The van der Waals surface area contributed by atoms with Crippen molar-refractivity contribution in [2.24, 2.45) is 0 Å². The molecule has 0 radical (unpaired) electrons. The van der Waals surface area contributed by atoms with Gasteiger partial charge in [-0.25, -0.2) is 0 Å². The Hall–Kier alpha value is -1.51. The third-order valence-electron chi connectivity index (χ3n) is 2.75. The van der Waals surface area contributed by atoms with Crippen molar-refractivity contribution in [1.29, 1.82) is 0 Å². The molecule has 0 bridgehead atoms. The van der Waals surface area contributed by atoms with E-state index < -0.39 is 0 Å². The Balaban J connectivity index is 1.99. The summed E-state index contributed by atoms with van der Waals surface area (Å²) in [7, 11) is 0. The van der Waals surface area contributed by atoms with Gasteiger partial charge in [0.25, 0.3) is 0 Å². The van der Waals surface area contributed by atoms with Crippen LogP contribution in [0, 0.1) is 0 Å². The Bertz CT molecular complexity index is 399. The number of carbonyl (C=O) groups is 1. The predicted octanol–water partition coefficient (Wildman–Crippen LogP) is 1.82. The second-order valence-corrected chi connectivity index (χ2v) is 3.67. The molecule has 0 unspecified atom stereocenters. The van der Waals surface area contributed by atoms with Gasteiger partial charge in [-0.15, -0.1) is 0 Å². The van der Waals surface area contributed by atoms with Gasteiger partial charge in [0.1, 0.15) is 18.1 Å². The molecule has 0 aromatic carbocycles. The molecular weight excluding hydrogens is 180 g/mol. The zero-order valence-electron chi connectivity index (χ0n) is 7.71. The lowest BCUT2D eigenvalue weighted by Crippen LogP contribution is -2.15. The Morgan fingerprint density at radius 3 is 3.14 bits per heavy atom. The normalized spacial score (nSPS) is 24.4. The molecule has 3 rings (SSSR count). The molecule has 0 atom stereocenters. The van der Waals surface area contributed by atoms with Crippen LogP contribution in [0.4, 0.5) is 0 Å². The van der Waals surface area contributed by atoms with Gasteiger partial charge in [-0.1, -0.05) is 0 Å². The summed E-state index contributed by atoms with van der Waals surface area (Å²) >= 11 is 0. The number of esters is 1. The maximum absolute atomic E-state index is 11.1. The molecule has 14 heavy (non-hydrogen) atoms. The van der Waals surface area contributed by atoms with Crippen molar-refractivity contribution in [2.75, 3.05) is 6.61 Å². The summed E-state index contributed by atoms with van der Waals surface area (Å²) in [6.07, 6.45) is 6.15. The standard InChI is InChI=1S/C11H10O3/c12-11-2-1-7-5-8-3-4-13-9(8)6-10(7)14-11/h3,6H,1-2,4-5H2. The highest BCUT2D eigenvalue weighted by Gasteiger charge is 2.27. The molecule has 72 valence electrons. The van der Waals surface area contributed by atoms with Crippen molar-refractivity contribution in [3.8, 4) is 0 Å². The molecule has 0 saturated heterocycles. The summed E-state index contributed by atoms with van der Waals surface area (Å²) in [6.45, 7) is 0.648. The number of fused-ring (bicyclic) bond motifs is 1. The van der Waals surface area contributed by atoms with Crippen LogP contribution in [0.3, 0.4) is 0 Å². The maximum atomic E-state index is 11.1. The van der Waals surface area contributed by atoms with Gasteiger partial charge >= 0.3 is 5.97 Å². The van der Waals surface area contributed by atoms with E-state index in [0.717, 1.165) is 24.4 Å². The zero-order chi connectivity index (χ0) is 9.54. The molecule has 0 saturated carbocycles. The topological polar surface area (TPSA) is 35.5 Å². The molecule has 0 amide bonds. The van der Waals surface area contributed by atoms with E-state index in [0.29, 0.717) is 13.0 Å². The van der Waals surface area contributed by atoms with Gasteiger partial charge < -0.3 is 9.47 Å². The highest BCUT2D eigenvalue weighted by molar-refractivity contribution is 5.73. The van der Waals surface area contributed by atoms with E-state index in [1.807, 2.05) is 6.08 Å². The first-order valence-electron chi connectivity index (χ1n) is 4.79. The van der Waals surface area contributed by atoms with Crippen LogP contribution in [0.5, 0.6) is 0 Å². The summed E-state index contributed by atoms with van der Waals surface area (Å²) in [5.41, 5.74) is 2.46. The van der Waals surface area contributed by atoms with Crippen molar-refractivity contribution in [3.63, 3.8) is 0 Å².